The minimum Gasteiger partial charge on any atom is -0.360 e. The van der Waals surface area contributed by atoms with Crippen LogP contribution >= 0.6 is 11.6 Å². The first-order chi connectivity index (χ1) is 16.3. The molecular weight excluding hydrogens is 474 g/mol. The second-order valence-electron chi connectivity index (χ2n) is 8.09. The monoisotopic (exact) mass is 493 g/mol. The van der Waals surface area contributed by atoms with E-state index in [-0.39, 0.29) is 15.8 Å². The highest BCUT2D eigenvalue weighted by Gasteiger charge is 2.27. The van der Waals surface area contributed by atoms with E-state index in [1.807, 2.05) is 24.3 Å². The van der Waals surface area contributed by atoms with E-state index < -0.39 is 21.4 Å². The van der Waals surface area contributed by atoms with Crippen molar-refractivity contribution < 1.29 is 13.2 Å². The Kier molecular flexibility index (Phi) is 5.42. The molecule has 0 aliphatic carbocycles. The molecule has 172 valence electrons. The molecule has 5 rings (SSSR count). The molecule has 1 aromatic heterocycles. The fourth-order valence-corrected chi connectivity index (χ4v) is 5.46. The van der Waals surface area contributed by atoms with Crippen molar-refractivity contribution >= 4 is 49.8 Å². The summed E-state index contributed by atoms with van der Waals surface area (Å²) in [6.07, 6.45) is 2.10. The molecule has 0 unspecified atom stereocenters. The average molecular weight is 494 g/mol. The Bertz CT molecular complexity index is 1630. The Morgan fingerprint density at radius 2 is 1.88 bits per heavy atom. The fraction of sp³-hybridized carbons (Fsp3) is 0.120. The third-order valence-corrected chi connectivity index (χ3v) is 7.81. The van der Waals surface area contributed by atoms with Crippen molar-refractivity contribution in [3.8, 4) is 0 Å². The summed E-state index contributed by atoms with van der Waals surface area (Å²) in [4.78, 5) is 30.9. The number of amides is 1. The first kappa shape index (κ1) is 22.2. The van der Waals surface area contributed by atoms with Crippen LogP contribution in [0.25, 0.3) is 10.9 Å². The van der Waals surface area contributed by atoms with Crippen LogP contribution in [0.15, 0.2) is 76.6 Å². The zero-order valence-corrected chi connectivity index (χ0v) is 19.7. The standard InChI is InChI=1S/C25H20ClN3O4S/c1-15-20(26)6-4-7-21(15)28-34(32,33)17-9-10-22-18(13-17)24(30)19(14-27-22)25(31)29-12-11-16-5-2-3-8-23(16)29/h2-10,13-14,28H,11-12H2,1H3,(H,27,30). The van der Waals surface area contributed by atoms with Crippen molar-refractivity contribution in [3.05, 3.63) is 98.8 Å². The zero-order valence-electron chi connectivity index (χ0n) is 18.1. The predicted octanol–water partition coefficient (Wildman–Crippen LogP) is 4.49. The van der Waals surface area contributed by atoms with Gasteiger partial charge < -0.3 is 9.88 Å². The van der Waals surface area contributed by atoms with Crippen LogP contribution in [0.1, 0.15) is 21.5 Å². The number of hydrogen-bond acceptors (Lipinski definition) is 4. The van der Waals surface area contributed by atoms with Gasteiger partial charge in [0.05, 0.1) is 10.6 Å². The van der Waals surface area contributed by atoms with Gasteiger partial charge >= 0.3 is 0 Å². The number of fused-ring (bicyclic) bond motifs is 2. The maximum Gasteiger partial charge on any atom is 0.263 e. The molecule has 4 aromatic rings. The number of carbonyl (C=O) groups is 1. The molecule has 1 amide bonds. The number of nitrogens with one attached hydrogen (secondary N) is 2. The molecule has 34 heavy (non-hydrogen) atoms. The summed E-state index contributed by atoms with van der Waals surface area (Å²) in [5.74, 6) is -0.422. The van der Waals surface area contributed by atoms with Gasteiger partial charge in [-0.25, -0.2) is 8.42 Å². The van der Waals surface area contributed by atoms with E-state index in [0.29, 0.717) is 34.8 Å². The number of hydrogen-bond donors (Lipinski definition) is 2. The number of aromatic amines is 1. The van der Waals surface area contributed by atoms with Gasteiger partial charge in [-0.1, -0.05) is 35.9 Å². The summed E-state index contributed by atoms with van der Waals surface area (Å²) in [5.41, 5.74) is 2.62. The molecule has 2 heterocycles. The SMILES string of the molecule is Cc1c(Cl)cccc1NS(=O)(=O)c1ccc2[nH]cc(C(=O)N3CCc4ccccc43)c(=O)c2c1. The van der Waals surface area contributed by atoms with E-state index in [0.717, 1.165) is 11.3 Å². The predicted molar refractivity (Wildman–Crippen MR) is 133 cm³/mol. The van der Waals surface area contributed by atoms with Gasteiger partial charge in [0.25, 0.3) is 15.9 Å². The molecule has 2 N–H and O–H groups in total. The van der Waals surface area contributed by atoms with Gasteiger partial charge in [0.2, 0.25) is 5.43 Å². The number of sulfonamides is 1. The van der Waals surface area contributed by atoms with Gasteiger partial charge in [0.15, 0.2) is 0 Å². The number of pyridine rings is 1. The quantitative estimate of drug-likeness (QED) is 0.437. The normalized spacial score (nSPS) is 13.2. The average Bonchev–Trinajstić information content (AvgIpc) is 3.26. The number of aromatic nitrogens is 1. The lowest BCUT2D eigenvalue weighted by Crippen LogP contribution is -2.33. The van der Waals surface area contributed by atoms with Crippen LogP contribution < -0.4 is 15.1 Å². The van der Waals surface area contributed by atoms with Crippen molar-refractivity contribution in [2.24, 2.45) is 0 Å². The van der Waals surface area contributed by atoms with Crippen LogP contribution in [-0.4, -0.2) is 25.9 Å². The van der Waals surface area contributed by atoms with Gasteiger partial charge in [-0.3, -0.25) is 14.3 Å². The molecule has 1 aliphatic rings. The Hall–Kier alpha value is -3.62. The summed E-state index contributed by atoms with van der Waals surface area (Å²) < 4.78 is 28.6. The van der Waals surface area contributed by atoms with E-state index in [1.165, 1.54) is 24.4 Å². The topological polar surface area (TPSA) is 99.3 Å². The van der Waals surface area contributed by atoms with Gasteiger partial charge in [-0.2, -0.15) is 0 Å². The number of carbonyl (C=O) groups excluding carboxylic acids is 1. The summed E-state index contributed by atoms with van der Waals surface area (Å²) in [6.45, 7) is 2.19. The lowest BCUT2D eigenvalue weighted by molar-refractivity contribution is 0.0988. The highest BCUT2D eigenvalue weighted by molar-refractivity contribution is 7.92. The van der Waals surface area contributed by atoms with Crippen LogP contribution in [0.2, 0.25) is 5.02 Å². The van der Waals surface area contributed by atoms with Crippen molar-refractivity contribution in [2.45, 2.75) is 18.2 Å². The largest absolute Gasteiger partial charge is 0.360 e. The van der Waals surface area contributed by atoms with E-state index in [2.05, 4.69) is 9.71 Å². The summed E-state index contributed by atoms with van der Waals surface area (Å²) in [7, 11) is -4.01. The maximum atomic E-state index is 13.3. The number of nitrogens with zero attached hydrogens (tertiary/aromatic N) is 1. The third-order valence-electron chi connectivity index (χ3n) is 6.04. The van der Waals surface area contributed by atoms with Crippen LogP contribution in [-0.2, 0) is 16.4 Å². The second kappa shape index (κ2) is 8.30. The highest BCUT2D eigenvalue weighted by atomic mass is 35.5. The third kappa shape index (κ3) is 3.74. The van der Waals surface area contributed by atoms with E-state index in [1.54, 1.807) is 30.0 Å². The number of benzene rings is 3. The minimum absolute atomic E-state index is 0.0441. The number of rotatable bonds is 4. The van der Waals surface area contributed by atoms with Gasteiger partial charge in [-0.15, -0.1) is 0 Å². The van der Waals surface area contributed by atoms with Crippen LogP contribution in [0.3, 0.4) is 0 Å². The van der Waals surface area contributed by atoms with E-state index >= 15 is 0 Å². The molecule has 9 heteroatoms. The summed E-state index contributed by atoms with van der Waals surface area (Å²) >= 11 is 6.10. The van der Waals surface area contributed by atoms with Crippen molar-refractivity contribution in [3.63, 3.8) is 0 Å². The molecule has 0 saturated carbocycles. The van der Waals surface area contributed by atoms with Crippen LogP contribution in [0.5, 0.6) is 0 Å². The first-order valence-corrected chi connectivity index (χ1v) is 12.5. The smallest absolute Gasteiger partial charge is 0.263 e. The van der Waals surface area contributed by atoms with E-state index in [4.69, 9.17) is 11.6 Å². The molecule has 0 atom stereocenters. The lowest BCUT2D eigenvalue weighted by atomic mass is 10.1. The van der Waals surface area contributed by atoms with Crippen LogP contribution in [0, 0.1) is 6.92 Å². The van der Waals surface area contributed by atoms with Crippen LogP contribution in [0.4, 0.5) is 11.4 Å². The van der Waals surface area contributed by atoms with Crippen molar-refractivity contribution in [1.29, 1.82) is 0 Å². The Morgan fingerprint density at radius 1 is 1.09 bits per heavy atom. The molecule has 0 fully saturated rings. The summed E-state index contributed by atoms with van der Waals surface area (Å²) in [5, 5.41) is 0.547. The molecule has 0 spiro atoms. The Morgan fingerprint density at radius 3 is 2.71 bits per heavy atom. The molecular formula is C25H20ClN3O4S. The number of H-pyrrole nitrogens is 1. The molecule has 0 saturated heterocycles. The first-order valence-electron chi connectivity index (χ1n) is 10.6. The van der Waals surface area contributed by atoms with Gasteiger partial charge in [0, 0.05) is 34.4 Å². The number of anilines is 2. The van der Waals surface area contributed by atoms with E-state index in [9.17, 15) is 18.0 Å². The van der Waals surface area contributed by atoms with Gasteiger partial charge in [0.1, 0.15) is 5.56 Å². The summed E-state index contributed by atoms with van der Waals surface area (Å²) in [6, 6.07) is 16.7. The molecule has 3 aromatic carbocycles. The fourth-order valence-electron chi connectivity index (χ4n) is 4.14. The van der Waals surface area contributed by atoms with Gasteiger partial charge in [-0.05, 0) is 60.9 Å². The second-order valence-corrected chi connectivity index (χ2v) is 10.2. The zero-order chi connectivity index (χ0) is 24.0. The Balaban J connectivity index is 1.54. The maximum absolute atomic E-state index is 13.3. The van der Waals surface area contributed by atoms with Crippen molar-refractivity contribution in [2.75, 3.05) is 16.2 Å². The lowest BCUT2D eigenvalue weighted by Gasteiger charge is -2.17. The molecule has 1 aliphatic heterocycles. The van der Waals surface area contributed by atoms with Crippen molar-refractivity contribution in [1.82, 2.24) is 4.98 Å². The minimum atomic E-state index is -4.01. The molecule has 0 bridgehead atoms. The number of para-hydroxylation sites is 1. The molecule has 0 radical (unpaired) electrons. The Labute approximate surface area is 201 Å². The number of halogens is 1. The highest BCUT2D eigenvalue weighted by Crippen LogP contribution is 2.29. The molecule has 7 nitrogen and oxygen atoms in total.